The van der Waals surface area contributed by atoms with Crippen molar-refractivity contribution in [3.63, 3.8) is 0 Å². The van der Waals surface area contributed by atoms with Crippen LogP contribution in [0.5, 0.6) is 0 Å². The van der Waals surface area contributed by atoms with E-state index in [0.717, 1.165) is 13.2 Å². The van der Waals surface area contributed by atoms with E-state index < -0.39 is 0 Å². The number of likely N-dealkylation sites (tertiary alicyclic amines) is 1. The SMILES string of the molecule is CCCNC(COC)C(C)(CC)N1CCCCC1. The van der Waals surface area contributed by atoms with Gasteiger partial charge in [0.15, 0.2) is 0 Å². The zero-order valence-electron chi connectivity index (χ0n) is 12.8. The minimum Gasteiger partial charge on any atom is -0.383 e. The predicted molar refractivity (Wildman–Crippen MR) is 78.1 cm³/mol. The van der Waals surface area contributed by atoms with Gasteiger partial charge in [0.25, 0.3) is 0 Å². The number of piperidine rings is 1. The normalized spacial score (nSPS) is 22.7. The molecule has 0 spiro atoms. The molecule has 0 aliphatic carbocycles. The molecule has 1 fully saturated rings. The zero-order chi connectivity index (χ0) is 13.4. The van der Waals surface area contributed by atoms with Crippen LogP contribution in [0.2, 0.25) is 0 Å². The Labute approximate surface area is 113 Å². The van der Waals surface area contributed by atoms with Gasteiger partial charge in [-0.25, -0.2) is 0 Å². The maximum absolute atomic E-state index is 5.45. The number of ether oxygens (including phenoxy) is 1. The van der Waals surface area contributed by atoms with E-state index in [1.54, 1.807) is 0 Å². The predicted octanol–water partition coefficient (Wildman–Crippen LogP) is 2.66. The van der Waals surface area contributed by atoms with Gasteiger partial charge in [0.2, 0.25) is 0 Å². The monoisotopic (exact) mass is 256 g/mol. The standard InChI is InChI=1S/C15H32N2O/c1-5-10-16-14(13-18-4)15(3,6-2)17-11-8-7-9-12-17/h14,16H,5-13H2,1-4H3. The third-order valence-corrected chi connectivity index (χ3v) is 4.52. The number of hydrogen-bond acceptors (Lipinski definition) is 3. The van der Waals surface area contributed by atoms with Crippen molar-refractivity contribution in [2.24, 2.45) is 0 Å². The van der Waals surface area contributed by atoms with Gasteiger partial charge in [0.1, 0.15) is 0 Å². The second kappa shape index (κ2) is 8.13. The minimum absolute atomic E-state index is 0.228. The van der Waals surface area contributed by atoms with Crippen LogP contribution in [0.4, 0.5) is 0 Å². The molecule has 18 heavy (non-hydrogen) atoms. The fourth-order valence-electron chi connectivity index (χ4n) is 3.04. The first-order chi connectivity index (χ1) is 8.69. The average molecular weight is 256 g/mol. The van der Waals surface area contributed by atoms with E-state index in [1.807, 2.05) is 7.11 Å². The van der Waals surface area contributed by atoms with Gasteiger partial charge in [-0.05, 0) is 52.2 Å². The lowest BCUT2D eigenvalue weighted by Gasteiger charge is -2.48. The molecule has 3 heteroatoms. The molecule has 1 aliphatic rings. The van der Waals surface area contributed by atoms with Crippen LogP contribution >= 0.6 is 0 Å². The van der Waals surface area contributed by atoms with E-state index in [0.29, 0.717) is 6.04 Å². The Morgan fingerprint density at radius 2 is 1.89 bits per heavy atom. The molecule has 0 bridgehead atoms. The molecule has 3 nitrogen and oxygen atoms in total. The summed E-state index contributed by atoms with van der Waals surface area (Å²) in [6.45, 7) is 11.3. The summed E-state index contributed by atoms with van der Waals surface area (Å²) in [7, 11) is 1.81. The number of hydrogen-bond donors (Lipinski definition) is 1. The van der Waals surface area contributed by atoms with E-state index in [4.69, 9.17) is 4.74 Å². The van der Waals surface area contributed by atoms with E-state index >= 15 is 0 Å². The fourth-order valence-corrected chi connectivity index (χ4v) is 3.04. The lowest BCUT2D eigenvalue weighted by molar-refractivity contribution is 0.0135. The molecule has 1 heterocycles. The van der Waals surface area contributed by atoms with Gasteiger partial charge in [-0.1, -0.05) is 20.3 Å². The topological polar surface area (TPSA) is 24.5 Å². The largest absolute Gasteiger partial charge is 0.383 e. The van der Waals surface area contributed by atoms with Crippen molar-refractivity contribution in [1.82, 2.24) is 10.2 Å². The van der Waals surface area contributed by atoms with E-state index in [2.05, 4.69) is 31.0 Å². The molecule has 2 unspecified atom stereocenters. The van der Waals surface area contributed by atoms with Crippen molar-refractivity contribution >= 4 is 0 Å². The summed E-state index contributed by atoms with van der Waals surface area (Å²) in [6.07, 6.45) is 6.46. The van der Waals surface area contributed by atoms with Gasteiger partial charge >= 0.3 is 0 Å². The van der Waals surface area contributed by atoms with Gasteiger partial charge in [-0.15, -0.1) is 0 Å². The quantitative estimate of drug-likeness (QED) is 0.722. The molecule has 2 atom stereocenters. The molecule has 0 amide bonds. The van der Waals surface area contributed by atoms with Gasteiger partial charge in [0.05, 0.1) is 6.61 Å². The van der Waals surface area contributed by atoms with Crippen molar-refractivity contribution < 1.29 is 4.74 Å². The molecule has 0 aromatic rings. The van der Waals surface area contributed by atoms with Crippen LogP contribution < -0.4 is 5.32 Å². The molecular weight excluding hydrogens is 224 g/mol. The summed E-state index contributed by atoms with van der Waals surface area (Å²) in [6, 6.07) is 0.436. The van der Waals surface area contributed by atoms with Gasteiger partial charge < -0.3 is 10.1 Å². The fraction of sp³-hybridized carbons (Fsp3) is 1.00. The average Bonchev–Trinajstić information content (AvgIpc) is 2.43. The maximum Gasteiger partial charge on any atom is 0.0633 e. The van der Waals surface area contributed by atoms with Crippen LogP contribution in [0.1, 0.15) is 52.9 Å². The van der Waals surface area contributed by atoms with Crippen LogP contribution in [0, 0.1) is 0 Å². The highest BCUT2D eigenvalue weighted by molar-refractivity contribution is 4.97. The van der Waals surface area contributed by atoms with Crippen molar-refractivity contribution in [3.8, 4) is 0 Å². The summed E-state index contributed by atoms with van der Waals surface area (Å²) in [4.78, 5) is 2.68. The summed E-state index contributed by atoms with van der Waals surface area (Å²) < 4.78 is 5.45. The molecule has 1 rings (SSSR count). The highest BCUT2D eigenvalue weighted by atomic mass is 16.5. The van der Waals surface area contributed by atoms with Crippen molar-refractivity contribution in [3.05, 3.63) is 0 Å². The van der Waals surface area contributed by atoms with E-state index in [-0.39, 0.29) is 5.54 Å². The van der Waals surface area contributed by atoms with E-state index in [9.17, 15) is 0 Å². The Bertz CT molecular complexity index is 217. The smallest absolute Gasteiger partial charge is 0.0633 e. The van der Waals surface area contributed by atoms with Crippen LogP contribution in [0.3, 0.4) is 0 Å². The Hall–Kier alpha value is -0.120. The Morgan fingerprint density at radius 3 is 2.39 bits per heavy atom. The highest BCUT2D eigenvalue weighted by Crippen LogP contribution is 2.27. The first-order valence-electron chi connectivity index (χ1n) is 7.66. The first kappa shape index (κ1) is 15.9. The van der Waals surface area contributed by atoms with Crippen molar-refractivity contribution in [2.45, 2.75) is 64.5 Å². The molecule has 0 radical (unpaired) electrons. The molecular formula is C15H32N2O. The molecule has 1 aliphatic heterocycles. The molecule has 0 aromatic heterocycles. The molecule has 1 N–H and O–H groups in total. The second-order valence-corrected chi connectivity index (χ2v) is 5.72. The lowest BCUT2D eigenvalue weighted by atomic mass is 9.85. The molecule has 1 saturated heterocycles. The Kier molecular flexibility index (Phi) is 7.20. The number of rotatable bonds is 8. The summed E-state index contributed by atoms with van der Waals surface area (Å²) in [5.41, 5.74) is 0.228. The van der Waals surface area contributed by atoms with Crippen LogP contribution in [-0.4, -0.2) is 49.8 Å². The number of methoxy groups -OCH3 is 1. The summed E-state index contributed by atoms with van der Waals surface area (Å²) in [5, 5.41) is 3.69. The van der Waals surface area contributed by atoms with Crippen LogP contribution in [0.25, 0.3) is 0 Å². The van der Waals surface area contributed by atoms with Gasteiger partial charge in [-0.2, -0.15) is 0 Å². The van der Waals surface area contributed by atoms with Crippen molar-refractivity contribution in [1.29, 1.82) is 0 Å². The molecule has 0 aromatic carbocycles. The summed E-state index contributed by atoms with van der Waals surface area (Å²) >= 11 is 0. The number of nitrogens with one attached hydrogen (secondary N) is 1. The van der Waals surface area contributed by atoms with Gasteiger partial charge in [-0.3, -0.25) is 4.90 Å². The third kappa shape index (κ3) is 3.94. The first-order valence-corrected chi connectivity index (χ1v) is 7.66. The molecule has 108 valence electrons. The molecule has 0 saturated carbocycles. The van der Waals surface area contributed by atoms with Crippen molar-refractivity contribution in [2.75, 3.05) is 33.4 Å². The second-order valence-electron chi connectivity index (χ2n) is 5.72. The zero-order valence-corrected chi connectivity index (χ0v) is 12.8. The highest BCUT2D eigenvalue weighted by Gasteiger charge is 2.38. The number of nitrogens with zero attached hydrogens (tertiary/aromatic N) is 1. The lowest BCUT2D eigenvalue weighted by Crippen LogP contribution is -2.62. The Morgan fingerprint density at radius 1 is 1.22 bits per heavy atom. The minimum atomic E-state index is 0.228. The van der Waals surface area contributed by atoms with Crippen LogP contribution in [-0.2, 0) is 4.74 Å². The third-order valence-electron chi connectivity index (χ3n) is 4.52. The summed E-state index contributed by atoms with van der Waals surface area (Å²) in [5.74, 6) is 0. The maximum atomic E-state index is 5.45. The van der Waals surface area contributed by atoms with E-state index in [1.165, 1.54) is 45.2 Å². The van der Waals surface area contributed by atoms with Gasteiger partial charge in [0, 0.05) is 18.7 Å². The Balaban J connectivity index is 2.71. The van der Waals surface area contributed by atoms with Crippen LogP contribution in [0.15, 0.2) is 0 Å².